The zero-order chi connectivity index (χ0) is 10.6. The van der Waals surface area contributed by atoms with Gasteiger partial charge in [-0.3, -0.25) is 0 Å². The second-order valence-corrected chi connectivity index (χ2v) is 5.02. The van der Waals surface area contributed by atoms with E-state index in [0.29, 0.717) is 16.1 Å². The maximum atomic E-state index is 6.00. The van der Waals surface area contributed by atoms with Crippen LogP contribution >= 0.6 is 35.4 Å². The Morgan fingerprint density at radius 2 is 1.93 bits per heavy atom. The second kappa shape index (κ2) is 3.24. The van der Waals surface area contributed by atoms with E-state index in [1.165, 1.54) is 12.8 Å². The number of nitrogens with zero attached hydrogens (tertiary/aromatic N) is 1. The fraction of sp³-hybridized carbons (Fsp3) is 0.300. The average Bonchev–Trinajstić information content (AvgIpc) is 2.93. The maximum Gasteiger partial charge on any atom is 0.178 e. The topological polar surface area (TPSA) is 20.7 Å². The van der Waals surface area contributed by atoms with Crippen molar-refractivity contribution >= 4 is 46.5 Å². The van der Waals surface area contributed by atoms with Crippen LogP contribution in [0, 0.1) is 4.77 Å². The first-order valence-corrected chi connectivity index (χ1v) is 5.92. The number of H-pyrrole nitrogens is 1. The van der Waals surface area contributed by atoms with Gasteiger partial charge in [-0.25, -0.2) is 0 Å². The average molecular weight is 259 g/mol. The van der Waals surface area contributed by atoms with Gasteiger partial charge >= 0.3 is 0 Å². The van der Waals surface area contributed by atoms with Gasteiger partial charge < -0.3 is 9.55 Å². The highest BCUT2D eigenvalue weighted by molar-refractivity contribution is 7.71. The summed E-state index contributed by atoms with van der Waals surface area (Å²) in [5.74, 6) is 0. The first-order chi connectivity index (χ1) is 7.16. The van der Waals surface area contributed by atoms with E-state index >= 15 is 0 Å². The molecule has 0 saturated heterocycles. The molecule has 15 heavy (non-hydrogen) atoms. The normalized spacial score (nSPS) is 16.1. The van der Waals surface area contributed by atoms with Crippen molar-refractivity contribution in [2.24, 2.45) is 0 Å². The second-order valence-electron chi connectivity index (χ2n) is 3.81. The summed E-state index contributed by atoms with van der Waals surface area (Å²) >= 11 is 17.2. The molecular formula is C10H8Cl2N2S. The Bertz CT molecular complexity index is 595. The molecule has 0 spiro atoms. The lowest BCUT2D eigenvalue weighted by atomic mass is 10.3. The molecule has 78 valence electrons. The van der Waals surface area contributed by atoms with Crippen LogP contribution in [0.25, 0.3) is 11.0 Å². The minimum Gasteiger partial charge on any atom is -0.331 e. The molecule has 1 saturated carbocycles. The number of aromatic nitrogens is 2. The Morgan fingerprint density at radius 3 is 2.60 bits per heavy atom. The van der Waals surface area contributed by atoms with Crippen molar-refractivity contribution in [3.63, 3.8) is 0 Å². The molecule has 1 aromatic carbocycles. The van der Waals surface area contributed by atoms with Gasteiger partial charge in [0.05, 0.1) is 21.1 Å². The van der Waals surface area contributed by atoms with Crippen molar-refractivity contribution in [1.82, 2.24) is 9.55 Å². The maximum absolute atomic E-state index is 6.00. The third-order valence-electron chi connectivity index (χ3n) is 2.67. The van der Waals surface area contributed by atoms with E-state index in [4.69, 9.17) is 35.4 Å². The molecule has 0 amide bonds. The fourth-order valence-corrected chi connectivity index (χ4v) is 2.49. The van der Waals surface area contributed by atoms with E-state index in [9.17, 15) is 0 Å². The van der Waals surface area contributed by atoms with Gasteiger partial charge in [-0.2, -0.15) is 0 Å². The number of nitrogens with one attached hydrogen (secondary N) is 1. The van der Waals surface area contributed by atoms with Gasteiger partial charge in [-0.1, -0.05) is 23.2 Å². The lowest BCUT2D eigenvalue weighted by Crippen LogP contribution is -1.92. The van der Waals surface area contributed by atoms with Crippen LogP contribution in [0.4, 0.5) is 0 Å². The van der Waals surface area contributed by atoms with E-state index < -0.39 is 0 Å². The predicted molar refractivity (Wildman–Crippen MR) is 65.4 cm³/mol. The zero-order valence-electron chi connectivity index (χ0n) is 7.76. The number of halogens is 2. The molecule has 0 bridgehead atoms. The summed E-state index contributed by atoms with van der Waals surface area (Å²) < 4.78 is 2.89. The van der Waals surface area contributed by atoms with Crippen molar-refractivity contribution in [3.05, 3.63) is 26.9 Å². The molecule has 3 rings (SSSR count). The third kappa shape index (κ3) is 1.50. The molecular weight excluding hydrogens is 251 g/mol. The molecule has 2 nitrogen and oxygen atoms in total. The highest BCUT2D eigenvalue weighted by atomic mass is 35.5. The summed E-state index contributed by atoms with van der Waals surface area (Å²) in [4.78, 5) is 3.15. The molecule has 1 heterocycles. The minimum atomic E-state index is 0.545. The van der Waals surface area contributed by atoms with Gasteiger partial charge in [0.1, 0.15) is 0 Å². The first-order valence-electron chi connectivity index (χ1n) is 4.76. The van der Waals surface area contributed by atoms with Crippen molar-refractivity contribution in [3.8, 4) is 0 Å². The quantitative estimate of drug-likeness (QED) is 0.755. The predicted octanol–water partition coefficient (Wildman–Crippen LogP) is 4.34. The molecule has 1 fully saturated rings. The number of imidazole rings is 1. The number of aromatic amines is 1. The van der Waals surface area contributed by atoms with E-state index in [2.05, 4.69) is 9.55 Å². The molecule has 5 heteroatoms. The number of hydrogen-bond donors (Lipinski definition) is 1. The Labute approximate surface area is 102 Å². The molecule has 0 radical (unpaired) electrons. The standard InChI is InChI=1S/C10H8Cl2N2S/c11-6-3-8-9(4-7(6)12)14(5-1-2-5)10(15)13-8/h3-5H,1-2H2,(H,13,15). The lowest BCUT2D eigenvalue weighted by Gasteiger charge is -2.01. The smallest absolute Gasteiger partial charge is 0.178 e. The summed E-state index contributed by atoms with van der Waals surface area (Å²) in [6.45, 7) is 0. The first kappa shape index (κ1) is 9.70. The minimum absolute atomic E-state index is 0.545. The summed E-state index contributed by atoms with van der Waals surface area (Å²) in [7, 11) is 0. The van der Waals surface area contributed by atoms with Crippen LogP contribution < -0.4 is 0 Å². The van der Waals surface area contributed by atoms with Crippen LogP contribution in [0.3, 0.4) is 0 Å². The fourth-order valence-electron chi connectivity index (χ4n) is 1.82. The van der Waals surface area contributed by atoms with Gasteiger partial charge in [-0.05, 0) is 37.2 Å². The number of rotatable bonds is 1. The van der Waals surface area contributed by atoms with Crippen molar-refractivity contribution in [2.45, 2.75) is 18.9 Å². The van der Waals surface area contributed by atoms with Gasteiger partial charge in [0.15, 0.2) is 4.77 Å². The SMILES string of the molecule is S=c1[nH]c2cc(Cl)c(Cl)cc2n1C1CC1. The number of hydrogen-bond acceptors (Lipinski definition) is 1. The van der Waals surface area contributed by atoms with Crippen LogP contribution in [0.2, 0.25) is 10.0 Å². The van der Waals surface area contributed by atoms with E-state index in [-0.39, 0.29) is 0 Å². The number of fused-ring (bicyclic) bond motifs is 1. The summed E-state index contributed by atoms with van der Waals surface area (Å²) in [6.07, 6.45) is 2.39. The Morgan fingerprint density at radius 1 is 1.27 bits per heavy atom. The van der Waals surface area contributed by atoms with E-state index in [0.717, 1.165) is 15.8 Å². The summed E-state index contributed by atoms with van der Waals surface area (Å²) in [6, 6.07) is 4.25. The van der Waals surface area contributed by atoms with Crippen LogP contribution in [0.5, 0.6) is 0 Å². The molecule has 0 atom stereocenters. The molecule has 2 aromatic rings. The van der Waals surface area contributed by atoms with E-state index in [1.807, 2.05) is 12.1 Å². The van der Waals surface area contributed by atoms with Gasteiger partial charge in [0, 0.05) is 6.04 Å². The Kier molecular flexibility index (Phi) is 2.09. The number of benzene rings is 1. The van der Waals surface area contributed by atoms with Crippen molar-refractivity contribution in [2.75, 3.05) is 0 Å². The highest BCUT2D eigenvalue weighted by Crippen LogP contribution is 2.39. The van der Waals surface area contributed by atoms with Gasteiger partial charge in [0.2, 0.25) is 0 Å². The lowest BCUT2D eigenvalue weighted by molar-refractivity contribution is 0.753. The molecule has 1 aromatic heterocycles. The summed E-state index contributed by atoms with van der Waals surface area (Å²) in [5.41, 5.74) is 2.01. The van der Waals surface area contributed by atoms with Crippen molar-refractivity contribution < 1.29 is 0 Å². The molecule has 0 unspecified atom stereocenters. The van der Waals surface area contributed by atoms with Gasteiger partial charge in [0.25, 0.3) is 0 Å². The van der Waals surface area contributed by atoms with Gasteiger partial charge in [-0.15, -0.1) is 0 Å². The Hall–Kier alpha value is -0.510. The molecule has 1 aliphatic carbocycles. The molecule has 1 N–H and O–H groups in total. The zero-order valence-corrected chi connectivity index (χ0v) is 10.1. The Balaban J connectivity index is 2.39. The van der Waals surface area contributed by atoms with Crippen LogP contribution in [-0.4, -0.2) is 9.55 Å². The van der Waals surface area contributed by atoms with E-state index in [1.54, 1.807) is 0 Å². The van der Waals surface area contributed by atoms with Crippen molar-refractivity contribution in [1.29, 1.82) is 0 Å². The van der Waals surface area contributed by atoms with Crippen LogP contribution in [0.15, 0.2) is 12.1 Å². The highest BCUT2D eigenvalue weighted by Gasteiger charge is 2.26. The monoisotopic (exact) mass is 258 g/mol. The third-order valence-corrected chi connectivity index (χ3v) is 3.69. The summed E-state index contributed by atoms with van der Waals surface area (Å²) in [5, 5.41) is 1.14. The molecule has 1 aliphatic rings. The molecule has 0 aliphatic heterocycles. The van der Waals surface area contributed by atoms with Crippen LogP contribution in [0.1, 0.15) is 18.9 Å². The van der Waals surface area contributed by atoms with Crippen LogP contribution in [-0.2, 0) is 0 Å². The largest absolute Gasteiger partial charge is 0.331 e.